The molecule has 0 saturated carbocycles. The summed E-state index contributed by atoms with van der Waals surface area (Å²) in [4.78, 5) is 14.2. The van der Waals surface area contributed by atoms with E-state index in [9.17, 15) is 4.79 Å². The van der Waals surface area contributed by atoms with Crippen LogP contribution in [0, 0.1) is 0 Å². The topological polar surface area (TPSA) is 38.8 Å². The van der Waals surface area contributed by atoms with Crippen molar-refractivity contribution in [3.63, 3.8) is 0 Å². The second-order valence-electron chi connectivity index (χ2n) is 5.43. The van der Waals surface area contributed by atoms with E-state index in [-0.39, 0.29) is 5.97 Å². The molecule has 0 aromatic carbocycles. The van der Waals surface area contributed by atoms with Crippen LogP contribution in [0.25, 0.3) is 0 Å². The second-order valence-corrected chi connectivity index (χ2v) is 5.43. The number of cyclic esters (lactones) is 1. The van der Waals surface area contributed by atoms with Gasteiger partial charge in [0.1, 0.15) is 11.3 Å². The number of ether oxygens (including phenoxy) is 2. The van der Waals surface area contributed by atoms with Crippen LogP contribution in [0.2, 0.25) is 0 Å². The molecular weight excluding hydrogens is 242 g/mol. The molecule has 19 heavy (non-hydrogen) atoms. The van der Waals surface area contributed by atoms with E-state index < -0.39 is 5.79 Å². The van der Waals surface area contributed by atoms with Crippen LogP contribution in [0.1, 0.15) is 33.6 Å². The first-order chi connectivity index (χ1) is 8.89. The van der Waals surface area contributed by atoms with E-state index in [1.54, 1.807) is 13.8 Å². The van der Waals surface area contributed by atoms with Gasteiger partial charge < -0.3 is 14.4 Å². The molecule has 0 N–H and O–H groups in total. The number of hydrogen-bond donors (Lipinski definition) is 0. The Kier molecular flexibility index (Phi) is 3.69. The van der Waals surface area contributed by atoms with Gasteiger partial charge in [-0.15, -0.1) is 0 Å². The quantitative estimate of drug-likeness (QED) is 0.567. The fourth-order valence-electron chi connectivity index (χ4n) is 2.33. The summed E-state index contributed by atoms with van der Waals surface area (Å²) in [5, 5.41) is 0. The lowest BCUT2D eigenvalue weighted by Crippen LogP contribution is -2.37. The molecular formula is C15H21NO3. The van der Waals surface area contributed by atoms with E-state index in [2.05, 4.69) is 11.5 Å². The number of carbonyl (C=O) groups is 1. The summed E-state index contributed by atoms with van der Waals surface area (Å²) < 4.78 is 10.7. The molecule has 4 nitrogen and oxygen atoms in total. The Morgan fingerprint density at radius 3 is 2.53 bits per heavy atom. The minimum absolute atomic E-state index is 0.371. The van der Waals surface area contributed by atoms with Crippen molar-refractivity contribution < 1.29 is 14.3 Å². The van der Waals surface area contributed by atoms with Crippen molar-refractivity contribution in [1.29, 1.82) is 0 Å². The standard InChI is InChI=1S/C15H21NO3/c1-11(7-10-16-8-5-6-9-16)13-12(2)18-15(3,4)19-14(13)17/h7,10H,2,5-6,8-9H2,1,3-4H3. The molecule has 2 saturated heterocycles. The van der Waals surface area contributed by atoms with Gasteiger partial charge in [-0.05, 0) is 37.6 Å². The van der Waals surface area contributed by atoms with Gasteiger partial charge in [0.25, 0.3) is 0 Å². The van der Waals surface area contributed by atoms with E-state index in [1.807, 2.05) is 19.2 Å². The zero-order chi connectivity index (χ0) is 14.0. The Bertz CT molecular complexity index is 432. The molecule has 2 aliphatic heterocycles. The fraction of sp³-hybridized carbons (Fsp3) is 0.533. The lowest BCUT2D eigenvalue weighted by molar-refractivity contribution is -0.208. The van der Waals surface area contributed by atoms with E-state index in [0.29, 0.717) is 11.3 Å². The number of esters is 1. The highest BCUT2D eigenvalue weighted by molar-refractivity contribution is 5.94. The molecule has 0 aromatic heterocycles. The van der Waals surface area contributed by atoms with E-state index in [1.165, 1.54) is 12.8 Å². The molecule has 104 valence electrons. The van der Waals surface area contributed by atoms with Gasteiger partial charge in [0, 0.05) is 26.9 Å². The minimum Gasteiger partial charge on any atom is -0.453 e. The van der Waals surface area contributed by atoms with E-state index in [4.69, 9.17) is 9.47 Å². The molecule has 2 aliphatic rings. The lowest BCUT2D eigenvalue weighted by Gasteiger charge is -2.33. The highest BCUT2D eigenvalue weighted by Gasteiger charge is 2.36. The molecule has 0 bridgehead atoms. The maximum Gasteiger partial charge on any atom is 0.345 e. The van der Waals surface area contributed by atoms with Crippen molar-refractivity contribution in [2.75, 3.05) is 13.1 Å². The third kappa shape index (κ3) is 3.19. The third-order valence-corrected chi connectivity index (χ3v) is 3.26. The van der Waals surface area contributed by atoms with Crippen molar-refractivity contribution in [2.45, 2.75) is 39.4 Å². The number of allylic oxidation sites excluding steroid dienone is 2. The Morgan fingerprint density at radius 1 is 1.32 bits per heavy atom. The van der Waals surface area contributed by atoms with Crippen LogP contribution < -0.4 is 0 Å². The second kappa shape index (κ2) is 5.11. The van der Waals surface area contributed by atoms with E-state index >= 15 is 0 Å². The van der Waals surface area contributed by atoms with Crippen molar-refractivity contribution >= 4 is 5.97 Å². The largest absolute Gasteiger partial charge is 0.453 e. The van der Waals surface area contributed by atoms with Gasteiger partial charge in [0.15, 0.2) is 0 Å². The smallest absolute Gasteiger partial charge is 0.345 e. The van der Waals surface area contributed by atoms with Crippen LogP contribution in [0.5, 0.6) is 0 Å². The first-order valence-electron chi connectivity index (χ1n) is 6.64. The van der Waals surface area contributed by atoms with E-state index in [0.717, 1.165) is 18.7 Å². The average molecular weight is 263 g/mol. The molecule has 4 heteroatoms. The van der Waals surface area contributed by atoms with Crippen molar-refractivity contribution in [3.8, 4) is 0 Å². The van der Waals surface area contributed by atoms with Crippen molar-refractivity contribution in [1.82, 2.24) is 4.90 Å². The summed E-state index contributed by atoms with van der Waals surface area (Å²) in [6, 6.07) is 0. The SMILES string of the molecule is C=C1OC(C)(C)OC(=O)C1=C(C)C=CN1CCCC1. The van der Waals surface area contributed by atoms with Crippen molar-refractivity contribution in [3.05, 3.63) is 35.8 Å². The summed E-state index contributed by atoms with van der Waals surface area (Å²) in [7, 11) is 0. The Labute approximate surface area is 114 Å². The van der Waals surface area contributed by atoms with Gasteiger partial charge >= 0.3 is 5.97 Å². The average Bonchev–Trinajstić information content (AvgIpc) is 2.76. The van der Waals surface area contributed by atoms with Crippen LogP contribution in [0.3, 0.4) is 0 Å². The molecule has 0 unspecified atom stereocenters. The maximum atomic E-state index is 12.0. The molecule has 2 rings (SSSR count). The molecule has 2 fully saturated rings. The zero-order valence-corrected chi connectivity index (χ0v) is 11.9. The Hall–Kier alpha value is -1.71. The van der Waals surface area contributed by atoms with Crippen molar-refractivity contribution in [2.24, 2.45) is 0 Å². The van der Waals surface area contributed by atoms with Gasteiger partial charge in [-0.25, -0.2) is 4.79 Å². The molecule has 0 spiro atoms. The molecule has 0 aromatic rings. The van der Waals surface area contributed by atoms with Crippen LogP contribution in [-0.2, 0) is 14.3 Å². The summed E-state index contributed by atoms with van der Waals surface area (Å²) in [6.45, 7) is 11.2. The first kappa shape index (κ1) is 13.7. The Balaban J connectivity index is 2.15. The summed E-state index contributed by atoms with van der Waals surface area (Å²) in [5.74, 6) is -0.925. The Morgan fingerprint density at radius 2 is 1.95 bits per heavy atom. The maximum absolute atomic E-state index is 12.0. The summed E-state index contributed by atoms with van der Waals surface area (Å²) in [6.07, 6.45) is 6.41. The molecule has 0 atom stereocenters. The van der Waals surface area contributed by atoms with Crippen LogP contribution in [0.4, 0.5) is 0 Å². The predicted octanol–water partition coefficient (Wildman–Crippen LogP) is 2.74. The molecule has 2 heterocycles. The van der Waals surface area contributed by atoms with Gasteiger partial charge in [0.05, 0.1) is 0 Å². The number of rotatable bonds is 2. The minimum atomic E-state index is -0.934. The van der Waals surface area contributed by atoms with Crippen LogP contribution >= 0.6 is 0 Å². The van der Waals surface area contributed by atoms with Gasteiger partial charge in [-0.1, -0.05) is 6.58 Å². The van der Waals surface area contributed by atoms with Gasteiger partial charge in [-0.3, -0.25) is 0 Å². The van der Waals surface area contributed by atoms with Gasteiger partial charge in [0.2, 0.25) is 5.79 Å². The number of carbonyl (C=O) groups excluding carboxylic acids is 1. The normalized spacial score (nSPS) is 25.5. The third-order valence-electron chi connectivity index (χ3n) is 3.26. The fourth-order valence-corrected chi connectivity index (χ4v) is 2.33. The highest BCUT2D eigenvalue weighted by atomic mass is 16.7. The van der Waals surface area contributed by atoms with Crippen LogP contribution in [0.15, 0.2) is 35.8 Å². The zero-order valence-electron chi connectivity index (χ0n) is 11.9. The van der Waals surface area contributed by atoms with Gasteiger partial charge in [-0.2, -0.15) is 0 Å². The first-order valence-corrected chi connectivity index (χ1v) is 6.64. The molecule has 0 amide bonds. The number of likely N-dealkylation sites (tertiary alicyclic amines) is 1. The number of hydrogen-bond acceptors (Lipinski definition) is 4. The summed E-state index contributed by atoms with van der Waals surface area (Å²) >= 11 is 0. The lowest BCUT2D eigenvalue weighted by atomic mass is 10.1. The number of nitrogens with zero attached hydrogens (tertiary/aromatic N) is 1. The predicted molar refractivity (Wildman–Crippen MR) is 73.0 cm³/mol. The molecule has 0 aliphatic carbocycles. The van der Waals surface area contributed by atoms with Crippen LogP contribution in [-0.4, -0.2) is 29.7 Å². The molecule has 0 radical (unpaired) electrons. The monoisotopic (exact) mass is 263 g/mol. The summed E-state index contributed by atoms with van der Waals surface area (Å²) in [5.41, 5.74) is 1.24. The highest BCUT2D eigenvalue weighted by Crippen LogP contribution is 2.30.